The molecule has 10 heavy (non-hydrogen) atoms. The highest BCUT2D eigenvalue weighted by Crippen LogP contribution is 2.01. The summed E-state index contributed by atoms with van der Waals surface area (Å²) in [5, 5.41) is 0. The molecule has 0 radical (unpaired) electrons. The van der Waals surface area contributed by atoms with Gasteiger partial charge in [0.2, 0.25) is 0 Å². The lowest BCUT2D eigenvalue weighted by Gasteiger charge is -2.06. The minimum absolute atomic E-state index is 0.189. The van der Waals surface area contributed by atoms with Crippen molar-refractivity contribution in [2.45, 2.75) is 20.3 Å². The zero-order valence-electron chi connectivity index (χ0n) is 7.00. The molecule has 4 heteroatoms. The first-order valence-corrected chi connectivity index (χ1v) is 3.13. The fourth-order valence-corrected chi connectivity index (χ4v) is 0.680. The zero-order valence-corrected chi connectivity index (χ0v) is 6.00. The van der Waals surface area contributed by atoms with Crippen LogP contribution in [0.3, 0.4) is 0 Å². The predicted molar refractivity (Wildman–Crippen MR) is 37.9 cm³/mol. The van der Waals surface area contributed by atoms with Gasteiger partial charge in [-0.1, -0.05) is 6.92 Å². The Morgan fingerprint density at radius 1 is 1.50 bits per heavy atom. The molecule has 0 saturated heterocycles. The van der Waals surface area contributed by atoms with E-state index in [0.29, 0.717) is 11.6 Å². The molecule has 0 bridgehead atoms. The second-order valence-corrected chi connectivity index (χ2v) is 1.95. The van der Waals surface area contributed by atoms with E-state index in [0.717, 1.165) is 6.42 Å². The number of rotatable bonds is 2. The van der Waals surface area contributed by atoms with E-state index in [2.05, 4.69) is 20.7 Å². The second-order valence-electron chi connectivity index (χ2n) is 1.95. The summed E-state index contributed by atoms with van der Waals surface area (Å²) >= 11 is 0. The molecule has 1 N–H and O–H groups in total. The first-order chi connectivity index (χ1) is 5.26. The van der Waals surface area contributed by atoms with Crippen molar-refractivity contribution >= 4 is 5.95 Å². The van der Waals surface area contributed by atoms with E-state index in [1.54, 1.807) is 6.92 Å². The van der Waals surface area contributed by atoms with Gasteiger partial charge in [0.05, 0.1) is 13.1 Å². The van der Waals surface area contributed by atoms with Crippen LogP contribution in [0, 0.1) is 6.92 Å². The monoisotopic (exact) mass is 139 g/mol. The summed E-state index contributed by atoms with van der Waals surface area (Å²) in [5.74, 6) is 1.49. The molecule has 0 fully saturated rings. The highest BCUT2D eigenvalue weighted by Gasteiger charge is 1.87. The Bertz CT molecular complexity index is 228. The highest BCUT2D eigenvalue weighted by atomic mass is 15.1. The first-order valence-electron chi connectivity index (χ1n) is 3.57. The maximum absolute atomic E-state index is 6.68. The lowest BCUT2D eigenvalue weighted by atomic mass is 10.4. The molecule has 0 spiro atoms. The van der Waals surface area contributed by atoms with E-state index in [4.69, 9.17) is 1.41 Å². The Morgan fingerprint density at radius 2 is 2.30 bits per heavy atom. The van der Waals surface area contributed by atoms with Gasteiger partial charge in [-0.3, -0.25) is 4.98 Å². The number of hydrogen-bond acceptors (Lipinski definition) is 3. The van der Waals surface area contributed by atoms with Gasteiger partial charge in [0, 0.05) is 5.95 Å². The number of aryl methyl sites for hydroxylation is 2. The highest BCUT2D eigenvalue weighted by molar-refractivity contribution is 5.21. The minimum atomic E-state index is 0.189. The molecule has 1 aromatic heterocycles. The molecule has 0 aromatic carbocycles. The van der Waals surface area contributed by atoms with E-state index < -0.39 is 0 Å². The summed E-state index contributed by atoms with van der Waals surface area (Å²) in [6, 6.07) is 0. The van der Waals surface area contributed by atoms with E-state index in [9.17, 15) is 0 Å². The van der Waals surface area contributed by atoms with Crippen molar-refractivity contribution in [1.82, 2.24) is 15.0 Å². The van der Waals surface area contributed by atoms with E-state index >= 15 is 0 Å². The van der Waals surface area contributed by atoms with Gasteiger partial charge in [-0.2, -0.15) is 0 Å². The fraction of sp³-hybridized carbons (Fsp3) is 0.500. The normalized spacial score (nSPS) is 10.8. The van der Waals surface area contributed by atoms with Crippen LogP contribution in [0.5, 0.6) is 0 Å². The van der Waals surface area contributed by atoms with Crippen LogP contribution in [0.2, 0.25) is 1.41 Å². The van der Waals surface area contributed by atoms with Gasteiger partial charge >= 0.3 is 0 Å². The van der Waals surface area contributed by atoms with Crippen molar-refractivity contribution in [3.8, 4) is 0 Å². The van der Waals surface area contributed by atoms with Gasteiger partial charge in [-0.05, 0) is 13.3 Å². The van der Waals surface area contributed by atoms with Gasteiger partial charge < -0.3 is 15.7 Å². The smallest absolute Gasteiger partial charge is 0.0764 e. The first kappa shape index (κ1) is 5.58. The van der Waals surface area contributed by atoms with Gasteiger partial charge in [-0.15, -0.1) is 0 Å². The lowest BCUT2D eigenvalue weighted by Crippen LogP contribution is -1.96. The van der Waals surface area contributed by atoms with Crippen LogP contribution >= 0.6 is 0 Å². The van der Waals surface area contributed by atoms with E-state index in [-0.39, 0.29) is 5.95 Å². The van der Waals surface area contributed by atoms with Gasteiger partial charge in [0.15, 0.2) is 0 Å². The molecule has 0 atom stereocenters. The molecule has 0 aliphatic carbocycles. The van der Waals surface area contributed by atoms with Crippen LogP contribution in [0.25, 0.3) is 5.73 Å². The van der Waals surface area contributed by atoms with Crippen molar-refractivity contribution in [2.24, 2.45) is 0 Å². The third kappa shape index (κ3) is 1.40. The van der Waals surface area contributed by atoms with E-state index in [1.807, 2.05) is 6.92 Å². The molecule has 0 aliphatic rings. The predicted octanol–water partition coefficient (Wildman–Crippen LogP) is 1.43. The molecule has 1 aromatic rings. The molecular formula is C6H9N4-. The van der Waals surface area contributed by atoms with E-state index in [1.165, 1.54) is 0 Å². The average Bonchev–Trinajstić information content (AvgIpc) is 2.03. The zero-order chi connectivity index (χ0) is 8.27. The van der Waals surface area contributed by atoms with Crippen LogP contribution in [-0.2, 0) is 6.42 Å². The number of aromatic nitrogens is 3. The van der Waals surface area contributed by atoms with Crippen LogP contribution in [0.1, 0.15) is 18.6 Å². The Morgan fingerprint density at radius 3 is 2.90 bits per heavy atom. The Labute approximate surface area is 61.0 Å². The fourth-order valence-electron chi connectivity index (χ4n) is 0.680. The number of nitrogens with zero attached hydrogens (tertiary/aromatic N) is 3. The average molecular weight is 139 g/mol. The molecule has 0 aliphatic heterocycles. The third-order valence-electron chi connectivity index (χ3n) is 1.10. The third-order valence-corrected chi connectivity index (χ3v) is 1.10. The van der Waals surface area contributed by atoms with Crippen molar-refractivity contribution in [3.63, 3.8) is 0 Å². The molecular weight excluding hydrogens is 128 g/mol. The summed E-state index contributed by atoms with van der Waals surface area (Å²) in [6.07, 6.45) is 0.742. The molecule has 0 saturated carbocycles. The van der Waals surface area contributed by atoms with Gasteiger partial charge in [-0.25, -0.2) is 0 Å². The molecule has 54 valence electrons. The van der Waals surface area contributed by atoms with Crippen LogP contribution in [0.15, 0.2) is 0 Å². The maximum atomic E-state index is 6.68. The Hall–Kier alpha value is -1.19. The van der Waals surface area contributed by atoms with Crippen molar-refractivity contribution in [1.29, 1.82) is 0 Å². The summed E-state index contributed by atoms with van der Waals surface area (Å²) in [4.78, 5) is 11.8. The largest absolute Gasteiger partial charge is 0.410 e. The Kier molecular flexibility index (Phi) is 1.45. The molecule has 1 heterocycles. The quantitative estimate of drug-likeness (QED) is 0.622. The number of hydrogen-bond donors (Lipinski definition) is 0. The maximum Gasteiger partial charge on any atom is 0.0764 e. The molecule has 0 unspecified atom stereocenters. The summed E-state index contributed by atoms with van der Waals surface area (Å²) in [5.41, 5.74) is 3.13. The second kappa shape index (κ2) is 2.60. The molecule has 4 nitrogen and oxygen atoms in total. The van der Waals surface area contributed by atoms with Crippen molar-refractivity contribution < 1.29 is 1.41 Å². The SMILES string of the molecule is [3H][N-]c1nc(C)nc(CC)n1. The lowest BCUT2D eigenvalue weighted by molar-refractivity contribution is 0.877. The summed E-state index contributed by atoms with van der Waals surface area (Å²) < 4.78 is 6.68. The summed E-state index contributed by atoms with van der Waals surface area (Å²) in [6.45, 7) is 3.71. The van der Waals surface area contributed by atoms with Gasteiger partial charge in [0.1, 0.15) is 0 Å². The topological polar surface area (TPSA) is 62.5 Å². The standard InChI is InChI=1S/C6H9N4/c1-3-5-8-4(2)9-6(7)10-5/h3H2,1-2H3,(H-,7,8,9,10)/q-1/i/hT. The van der Waals surface area contributed by atoms with Crippen LogP contribution in [0.4, 0.5) is 5.95 Å². The molecule has 1 rings (SSSR count). The number of nitrogens with one attached hydrogen (secondary N) is 1. The van der Waals surface area contributed by atoms with Crippen molar-refractivity contribution in [3.05, 3.63) is 17.4 Å². The minimum Gasteiger partial charge on any atom is -0.410 e. The van der Waals surface area contributed by atoms with Crippen LogP contribution in [-0.4, -0.2) is 15.0 Å². The van der Waals surface area contributed by atoms with Crippen LogP contribution < -0.4 is 0 Å². The van der Waals surface area contributed by atoms with Crippen molar-refractivity contribution in [2.75, 3.05) is 0 Å². The molecule has 0 amide bonds. The summed E-state index contributed by atoms with van der Waals surface area (Å²) in [7, 11) is 0. The van der Waals surface area contributed by atoms with Gasteiger partial charge in [0.25, 0.3) is 0 Å². The Balaban J connectivity index is 3.02.